The van der Waals surface area contributed by atoms with Crippen molar-refractivity contribution in [3.05, 3.63) is 36.0 Å². The van der Waals surface area contributed by atoms with Gasteiger partial charge in [0.2, 0.25) is 0 Å². The number of aliphatic hydroxyl groups is 1. The normalized spacial score (nSPS) is 12.2. The first-order chi connectivity index (χ1) is 8.49. The van der Waals surface area contributed by atoms with Crippen LogP contribution in [0.3, 0.4) is 0 Å². The minimum absolute atomic E-state index is 0.0638. The van der Waals surface area contributed by atoms with Gasteiger partial charge in [0.15, 0.2) is 0 Å². The molecule has 1 aromatic heterocycles. The molecular weight excluding hydrogens is 247 g/mol. The predicted molar refractivity (Wildman–Crippen MR) is 59.9 cm³/mol. The lowest BCUT2D eigenvalue weighted by Gasteiger charge is -2.09. The number of benzene rings is 1. The predicted octanol–water partition coefficient (Wildman–Crippen LogP) is 2.67. The fraction of sp³-hybridized carbons (Fsp3) is 0.333. The molecule has 3 nitrogen and oxygen atoms in total. The summed E-state index contributed by atoms with van der Waals surface area (Å²) in [4.78, 5) is 0. The van der Waals surface area contributed by atoms with Crippen LogP contribution in [0.1, 0.15) is 5.56 Å². The second-order valence-corrected chi connectivity index (χ2v) is 3.93. The van der Waals surface area contributed by atoms with Crippen molar-refractivity contribution in [2.75, 3.05) is 6.61 Å². The molecule has 0 amide bonds. The summed E-state index contributed by atoms with van der Waals surface area (Å²) in [6.07, 6.45) is -2.66. The van der Waals surface area contributed by atoms with Gasteiger partial charge in [0.1, 0.15) is 13.3 Å². The summed E-state index contributed by atoms with van der Waals surface area (Å²) >= 11 is 0. The van der Waals surface area contributed by atoms with Gasteiger partial charge in [-0.2, -0.15) is 13.2 Å². The highest BCUT2D eigenvalue weighted by Crippen LogP contribution is 2.19. The molecule has 0 radical (unpaired) electrons. The number of aliphatic hydroxyl groups excluding tert-OH is 1. The monoisotopic (exact) mass is 259 g/mol. The van der Waals surface area contributed by atoms with Crippen molar-refractivity contribution < 1.29 is 23.0 Å². The molecule has 1 aromatic carbocycles. The van der Waals surface area contributed by atoms with Crippen molar-refractivity contribution >= 4 is 10.9 Å². The Balaban J connectivity index is 2.10. The van der Waals surface area contributed by atoms with Crippen LogP contribution in [0.5, 0.6) is 0 Å². The second kappa shape index (κ2) is 4.99. The van der Waals surface area contributed by atoms with E-state index in [1.807, 2.05) is 0 Å². The van der Waals surface area contributed by atoms with Crippen molar-refractivity contribution in [3.8, 4) is 0 Å². The van der Waals surface area contributed by atoms with E-state index in [9.17, 15) is 13.2 Å². The highest BCUT2D eigenvalue weighted by molar-refractivity contribution is 5.80. The van der Waals surface area contributed by atoms with Crippen LogP contribution in [-0.2, 0) is 18.1 Å². The number of halogens is 3. The van der Waals surface area contributed by atoms with Crippen LogP contribution >= 0.6 is 0 Å². The Hall–Kier alpha value is -1.53. The van der Waals surface area contributed by atoms with Crippen LogP contribution in [0.4, 0.5) is 13.2 Å². The van der Waals surface area contributed by atoms with Gasteiger partial charge in [-0.25, -0.2) is 0 Å². The molecule has 2 rings (SSSR count). The molecule has 0 unspecified atom stereocenters. The molecular formula is C12H12F3NO2. The summed E-state index contributed by atoms with van der Waals surface area (Å²) in [6.45, 7) is -1.48. The number of alkyl halides is 3. The maximum absolute atomic E-state index is 11.9. The zero-order chi connectivity index (χ0) is 13.2. The van der Waals surface area contributed by atoms with Gasteiger partial charge >= 0.3 is 6.18 Å². The number of hydrogen-bond donors (Lipinski definition) is 1. The first kappa shape index (κ1) is 12.9. The lowest BCUT2D eigenvalue weighted by atomic mass is 10.2. The largest absolute Gasteiger partial charge is 0.411 e. The number of nitrogens with zero attached hydrogens (tertiary/aromatic N) is 1. The summed E-state index contributed by atoms with van der Waals surface area (Å²) < 4.78 is 42.0. The van der Waals surface area contributed by atoms with Gasteiger partial charge in [-0.05, 0) is 29.1 Å². The molecule has 0 spiro atoms. The second-order valence-electron chi connectivity index (χ2n) is 3.93. The Morgan fingerprint density at radius 3 is 2.67 bits per heavy atom. The van der Waals surface area contributed by atoms with Crippen LogP contribution in [-0.4, -0.2) is 22.5 Å². The molecule has 2 aromatic rings. The molecule has 18 heavy (non-hydrogen) atoms. The maximum Gasteiger partial charge on any atom is 0.411 e. The molecule has 0 aliphatic rings. The highest BCUT2D eigenvalue weighted by Gasteiger charge is 2.27. The Kier molecular flexibility index (Phi) is 3.58. The van der Waals surface area contributed by atoms with Gasteiger partial charge in [0, 0.05) is 11.7 Å². The summed E-state index contributed by atoms with van der Waals surface area (Å²) in [5, 5.41) is 9.84. The molecule has 0 atom stereocenters. The zero-order valence-electron chi connectivity index (χ0n) is 9.44. The third kappa shape index (κ3) is 3.02. The van der Waals surface area contributed by atoms with E-state index in [0.717, 1.165) is 16.5 Å². The Morgan fingerprint density at radius 2 is 2.00 bits per heavy atom. The number of ether oxygens (including phenoxy) is 1. The molecule has 0 aliphatic carbocycles. The molecule has 1 heterocycles. The Morgan fingerprint density at radius 1 is 1.22 bits per heavy atom. The highest BCUT2D eigenvalue weighted by atomic mass is 19.4. The topological polar surface area (TPSA) is 34.4 Å². The fourth-order valence-corrected chi connectivity index (χ4v) is 1.72. The van der Waals surface area contributed by atoms with Crippen LogP contribution < -0.4 is 0 Å². The van der Waals surface area contributed by atoms with E-state index < -0.39 is 12.8 Å². The van der Waals surface area contributed by atoms with E-state index in [-0.39, 0.29) is 13.3 Å². The smallest absolute Gasteiger partial charge is 0.392 e. The summed E-state index contributed by atoms with van der Waals surface area (Å²) in [5.74, 6) is 0. The zero-order valence-corrected chi connectivity index (χ0v) is 9.44. The Labute approximate surface area is 101 Å². The van der Waals surface area contributed by atoms with Crippen LogP contribution in [0, 0.1) is 0 Å². The van der Waals surface area contributed by atoms with Gasteiger partial charge < -0.3 is 14.4 Å². The fourth-order valence-electron chi connectivity index (χ4n) is 1.72. The van der Waals surface area contributed by atoms with Crippen molar-refractivity contribution in [1.29, 1.82) is 0 Å². The molecule has 0 bridgehead atoms. The summed E-state index contributed by atoms with van der Waals surface area (Å²) in [5.41, 5.74) is 1.53. The number of aromatic nitrogens is 1. The van der Waals surface area contributed by atoms with Crippen molar-refractivity contribution in [3.63, 3.8) is 0 Å². The minimum Gasteiger partial charge on any atom is -0.392 e. The summed E-state index contributed by atoms with van der Waals surface area (Å²) in [6, 6.07) is 7.03. The molecule has 0 saturated heterocycles. The van der Waals surface area contributed by atoms with E-state index >= 15 is 0 Å². The Bertz CT molecular complexity index is 534. The molecule has 98 valence electrons. The minimum atomic E-state index is -4.31. The number of fused-ring (bicyclic) bond motifs is 1. The van der Waals surface area contributed by atoms with E-state index in [0.29, 0.717) is 0 Å². The van der Waals surface area contributed by atoms with Gasteiger partial charge in [0.05, 0.1) is 6.61 Å². The third-order valence-electron chi connectivity index (χ3n) is 2.51. The SMILES string of the molecule is OCc1ccc2c(ccn2COCC(F)(F)F)c1. The maximum atomic E-state index is 11.9. The molecule has 6 heteroatoms. The lowest BCUT2D eigenvalue weighted by molar-refractivity contribution is -0.181. The van der Waals surface area contributed by atoms with Gasteiger partial charge in [-0.3, -0.25) is 0 Å². The molecule has 0 fully saturated rings. The summed E-state index contributed by atoms with van der Waals surface area (Å²) in [7, 11) is 0. The van der Waals surface area contributed by atoms with Gasteiger partial charge in [-0.15, -0.1) is 0 Å². The molecule has 0 saturated carbocycles. The number of hydrogen-bond acceptors (Lipinski definition) is 2. The van der Waals surface area contributed by atoms with E-state index in [1.54, 1.807) is 35.0 Å². The van der Waals surface area contributed by atoms with Crippen LogP contribution in [0.15, 0.2) is 30.5 Å². The third-order valence-corrected chi connectivity index (χ3v) is 2.51. The van der Waals surface area contributed by atoms with E-state index in [4.69, 9.17) is 5.11 Å². The number of rotatable bonds is 4. The first-order valence-electron chi connectivity index (χ1n) is 5.33. The van der Waals surface area contributed by atoms with Gasteiger partial charge in [-0.1, -0.05) is 6.07 Å². The standard InChI is InChI=1S/C12H12F3NO2/c13-12(14,15)7-18-8-16-4-3-10-5-9(6-17)1-2-11(10)16/h1-5,17H,6-8H2. The van der Waals surface area contributed by atoms with Crippen molar-refractivity contribution in [1.82, 2.24) is 4.57 Å². The van der Waals surface area contributed by atoms with Gasteiger partial charge in [0.25, 0.3) is 0 Å². The first-order valence-corrected chi connectivity index (χ1v) is 5.33. The molecule has 0 aliphatic heterocycles. The molecule has 1 N–H and O–H groups in total. The van der Waals surface area contributed by atoms with E-state index in [2.05, 4.69) is 4.74 Å². The average Bonchev–Trinajstić information content (AvgIpc) is 2.70. The quantitative estimate of drug-likeness (QED) is 0.916. The van der Waals surface area contributed by atoms with Crippen molar-refractivity contribution in [2.45, 2.75) is 19.5 Å². The average molecular weight is 259 g/mol. The lowest BCUT2D eigenvalue weighted by Crippen LogP contribution is -2.18. The van der Waals surface area contributed by atoms with Crippen LogP contribution in [0.2, 0.25) is 0 Å². The van der Waals surface area contributed by atoms with E-state index in [1.165, 1.54) is 0 Å². The van der Waals surface area contributed by atoms with Crippen LogP contribution in [0.25, 0.3) is 10.9 Å². The van der Waals surface area contributed by atoms with Crippen molar-refractivity contribution in [2.24, 2.45) is 0 Å².